The third-order valence-electron chi connectivity index (χ3n) is 8.44. The molecule has 0 unspecified atom stereocenters. The fraction of sp³-hybridized carbons (Fsp3) is 0.400. The Morgan fingerprint density at radius 3 is 2.44 bits per heavy atom. The number of methoxy groups -OCH3 is 1. The quantitative estimate of drug-likeness (QED) is 0.371. The van der Waals surface area contributed by atoms with E-state index in [1.807, 2.05) is 76.0 Å². The zero-order valence-corrected chi connectivity index (χ0v) is 22.4. The lowest BCUT2D eigenvalue weighted by molar-refractivity contribution is -0.130. The molecule has 1 spiro atoms. The van der Waals surface area contributed by atoms with Crippen LogP contribution >= 0.6 is 0 Å². The molecule has 4 heterocycles. The van der Waals surface area contributed by atoms with Gasteiger partial charge in [-0.25, -0.2) is 0 Å². The van der Waals surface area contributed by atoms with Crippen molar-refractivity contribution < 1.29 is 18.8 Å². The van der Waals surface area contributed by atoms with Gasteiger partial charge in [0.2, 0.25) is 17.6 Å². The summed E-state index contributed by atoms with van der Waals surface area (Å²) in [5.74, 6) is 1.93. The summed E-state index contributed by atoms with van der Waals surface area (Å²) in [6.45, 7) is 2.96. The van der Waals surface area contributed by atoms with Crippen molar-refractivity contribution in [3.05, 3.63) is 66.2 Å². The molecule has 2 aromatic carbocycles. The average molecular weight is 528 g/mol. The molecule has 9 nitrogen and oxygen atoms in total. The van der Waals surface area contributed by atoms with Crippen LogP contribution in [0.15, 0.2) is 59.1 Å². The van der Waals surface area contributed by atoms with Crippen molar-refractivity contribution in [1.82, 2.24) is 24.5 Å². The van der Waals surface area contributed by atoms with Crippen LogP contribution in [-0.2, 0) is 18.3 Å². The molecule has 202 valence electrons. The Bertz CT molecular complexity index is 1500. The number of piperidine rings is 1. The van der Waals surface area contributed by atoms with Gasteiger partial charge in [-0.05, 0) is 61.1 Å². The monoisotopic (exact) mass is 527 g/mol. The maximum Gasteiger partial charge on any atom is 0.270 e. The van der Waals surface area contributed by atoms with Crippen molar-refractivity contribution in [2.24, 2.45) is 12.5 Å². The summed E-state index contributed by atoms with van der Waals surface area (Å²) in [6, 6.07) is 17.5. The topological polar surface area (TPSA) is 93.7 Å². The van der Waals surface area contributed by atoms with E-state index >= 15 is 0 Å². The van der Waals surface area contributed by atoms with E-state index < -0.39 is 0 Å². The summed E-state index contributed by atoms with van der Waals surface area (Å²) in [5, 5.41) is 5.14. The number of amides is 2. The van der Waals surface area contributed by atoms with Gasteiger partial charge in [0.1, 0.15) is 11.4 Å². The average Bonchev–Trinajstić information content (AvgIpc) is 3.70. The SMILES string of the molecule is COc1ccc(-c2noc(CCC(=O)N3CCC4(CCN(C(=O)c5cc6ccccc6n5C)CC4)C3)n2)cc1. The number of ether oxygens (including phenoxy) is 1. The Kier molecular flexibility index (Phi) is 6.58. The predicted octanol–water partition coefficient (Wildman–Crippen LogP) is 4.32. The van der Waals surface area contributed by atoms with Crippen LogP contribution in [0.3, 0.4) is 0 Å². The van der Waals surface area contributed by atoms with E-state index in [-0.39, 0.29) is 17.2 Å². The normalized spacial score (nSPS) is 16.8. The first-order valence-corrected chi connectivity index (χ1v) is 13.5. The molecule has 2 fully saturated rings. The van der Waals surface area contributed by atoms with Crippen LogP contribution in [0.4, 0.5) is 0 Å². The number of hydrogen-bond donors (Lipinski definition) is 0. The van der Waals surface area contributed by atoms with E-state index in [4.69, 9.17) is 9.26 Å². The van der Waals surface area contributed by atoms with Gasteiger partial charge < -0.3 is 23.6 Å². The lowest BCUT2D eigenvalue weighted by Gasteiger charge is -2.39. The second kappa shape index (κ2) is 10.2. The van der Waals surface area contributed by atoms with Gasteiger partial charge in [0, 0.05) is 62.5 Å². The molecule has 6 rings (SSSR count). The number of fused-ring (bicyclic) bond motifs is 1. The minimum absolute atomic E-state index is 0.0862. The Balaban J connectivity index is 1.01. The highest BCUT2D eigenvalue weighted by Crippen LogP contribution is 2.41. The Morgan fingerprint density at radius 2 is 1.72 bits per heavy atom. The molecule has 2 saturated heterocycles. The van der Waals surface area contributed by atoms with Crippen LogP contribution in [0.1, 0.15) is 42.1 Å². The molecule has 2 aliphatic rings. The lowest BCUT2D eigenvalue weighted by atomic mass is 9.77. The molecule has 0 aliphatic carbocycles. The number of nitrogens with zero attached hydrogens (tertiary/aromatic N) is 5. The minimum Gasteiger partial charge on any atom is -0.497 e. The minimum atomic E-state index is 0.0862. The largest absolute Gasteiger partial charge is 0.497 e. The smallest absolute Gasteiger partial charge is 0.270 e. The molecule has 2 aromatic heterocycles. The van der Waals surface area contributed by atoms with E-state index in [1.165, 1.54) is 0 Å². The molecule has 2 amide bonds. The second-order valence-corrected chi connectivity index (χ2v) is 10.7. The number of carbonyl (C=O) groups excluding carboxylic acids is 2. The van der Waals surface area contributed by atoms with Gasteiger partial charge in [-0.3, -0.25) is 9.59 Å². The maximum absolute atomic E-state index is 13.3. The first kappa shape index (κ1) is 25.2. The van der Waals surface area contributed by atoms with Crippen molar-refractivity contribution in [2.75, 3.05) is 33.3 Å². The van der Waals surface area contributed by atoms with Gasteiger partial charge in [0.25, 0.3) is 5.91 Å². The highest BCUT2D eigenvalue weighted by molar-refractivity contribution is 5.98. The number of likely N-dealkylation sites (tertiary alicyclic amines) is 2. The van der Waals surface area contributed by atoms with Crippen LogP contribution in [0, 0.1) is 5.41 Å². The third-order valence-corrected chi connectivity index (χ3v) is 8.44. The molecule has 0 atom stereocenters. The van der Waals surface area contributed by atoms with Crippen molar-refractivity contribution in [1.29, 1.82) is 0 Å². The van der Waals surface area contributed by atoms with Gasteiger partial charge in [-0.1, -0.05) is 23.4 Å². The summed E-state index contributed by atoms with van der Waals surface area (Å²) in [7, 11) is 3.58. The van der Waals surface area contributed by atoms with Crippen LogP contribution < -0.4 is 4.74 Å². The molecule has 4 aromatic rings. The van der Waals surface area contributed by atoms with Gasteiger partial charge in [0.15, 0.2) is 0 Å². The number of rotatable bonds is 6. The van der Waals surface area contributed by atoms with Gasteiger partial charge in [-0.15, -0.1) is 0 Å². The fourth-order valence-corrected chi connectivity index (χ4v) is 5.98. The van der Waals surface area contributed by atoms with Gasteiger partial charge in [-0.2, -0.15) is 4.98 Å². The van der Waals surface area contributed by atoms with Crippen LogP contribution in [-0.4, -0.2) is 69.6 Å². The maximum atomic E-state index is 13.3. The molecule has 0 bridgehead atoms. The molecular weight excluding hydrogens is 494 g/mol. The Hall–Kier alpha value is -4.14. The van der Waals surface area contributed by atoms with Crippen molar-refractivity contribution in [3.8, 4) is 17.1 Å². The summed E-state index contributed by atoms with van der Waals surface area (Å²) >= 11 is 0. The standard InChI is InChI=1S/C30H33N5O4/c1-33-24-6-4-3-5-22(24)19-25(33)29(37)34-16-13-30(14-17-34)15-18-35(20-30)27(36)12-11-26-31-28(32-39-26)21-7-9-23(38-2)10-8-21/h3-10,19H,11-18,20H2,1-2H3. The fourth-order valence-electron chi connectivity index (χ4n) is 5.98. The van der Waals surface area contributed by atoms with Gasteiger partial charge >= 0.3 is 0 Å². The zero-order valence-electron chi connectivity index (χ0n) is 22.4. The second-order valence-electron chi connectivity index (χ2n) is 10.7. The zero-order chi connectivity index (χ0) is 27.0. The molecule has 9 heteroatoms. The first-order chi connectivity index (χ1) is 18.9. The Labute approximate surface area is 227 Å². The number of benzene rings is 2. The summed E-state index contributed by atoms with van der Waals surface area (Å²) in [5.41, 5.74) is 2.73. The molecular formula is C30H33N5O4. The van der Waals surface area contributed by atoms with E-state index in [0.29, 0.717) is 24.6 Å². The molecule has 2 aliphatic heterocycles. The molecule has 0 N–H and O–H groups in total. The molecule has 39 heavy (non-hydrogen) atoms. The third kappa shape index (κ3) is 4.89. The van der Waals surface area contributed by atoms with Crippen LogP contribution in [0.25, 0.3) is 22.3 Å². The summed E-state index contributed by atoms with van der Waals surface area (Å²) < 4.78 is 12.6. The van der Waals surface area contributed by atoms with E-state index in [2.05, 4.69) is 10.1 Å². The lowest BCUT2D eigenvalue weighted by Crippen LogP contribution is -2.45. The van der Waals surface area contributed by atoms with E-state index in [9.17, 15) is 9.59 Å². The van der Waals surface area contributed by atoms with Crippen molar-refractivity contribution >= 4 is 22.7 Å². The summed E-state index contributed by atoms with van der Waals surface area (Å²) in [4.78, 5) is 34.8. The van der Waals surface area contributed by atoms with E-state index in [1.54, 1.807) is 7.11 Å². The Morgan fingerprint density at radius 1 is 1.00 bits per heavy atom. The highest BCUT2D eigenvalue weighted by atomic mass is 16.5. The van der Waals surface area contributed by atoms with Gasteiger partial charge in [0.05, 0.1) is 7.11 Å². The van der Waals surface area contributed by atoms with Crippen LogP contribution in [0.5, 0.6) is 5.75 Å². The molecule has 0 saturated carbocycles. The number of para-hydroxylation sites is 1. The number of aryl methyl sites for hydroxylation is 2. The number of aromatic nitrogens is 3. The van der Waals surface area contributed by atoms with Crippen LogP contribution in [0.2, 0.25) is 0 Å². The van der Waals surface area contributed by atoms with Crippen molar-refractivity contribution in [2.45, 2.75) is 32.1 Å². The predicted molar refractivity (Wildman–Crippen MR) is 146 cm³/mol. The molecule has 0 radical (unpaired) electrons. The van der Waals surface area contributed by atoms with E-state index in [0.717, 1.165) is 73.4 Å². The number of hydrogen-bond acceptors (Lipinski definition) is 6. The first-order valence-electron chi connectivity index (χ1n) is 13.5. The summed E-state index contributed by atoms with van der Waals surface area (Å²) in [6.07, 6.45) is 3.57. The number of carbonyl (C=O) groups is 2. The van der Waals surface area contributed by atoms with Crippen molar-refractivity contribution in [3.63, 3.8) is 0 Å². The highest BCUT2D eigenvalue weighted by Gasteiger charge is 2.43.